The van der Waals surface area contributed by atoms with Crippen molar-refractivity contribution in [3.8, 4) is 0 Å². The first-order chi connectivity index (χ1) is 15.7. The van der Waals surface area contributed by atoms with Gasteiger partial charge in [0.1, 0.15) is 5.69 Å². The number of benzene rings is 2. The summed E-state index contributed by atoms with van der Waals surface area (Å²) in [6.45, 7) is 6.12. The van der Waals surface area contributed by atoms with Crippen LogP contribution in [0.25, 0.3) is 10.9 Å². The van der Waals surface area contributed by atoms with Crippen molar-refractivity contribution in [2.75, 3.05) is 25.2 Å². The Hall–Kier alpha value is -3.16. The van der Waals surface area contributed by atoms with Crippen molar-refractivity contribution in [1.82, 2.24) is 9.88 Å². The van der Waals surface area contributed by atoms with Gasteiger partial charge in [0.15, 0.2) is 0 Å². The molecule has 2 aromatic carbocycles. The normalized spacial score (nSPS) is 18.2. The maximum absolute atomic E-state index is 13.9. The zero-order valence-electron chi connectivity index (χ0n) is 19.0. The average Bonchev–Trinajstić information content (AvgIpc) is 3.17. The zero-order valence-corrected chi connectivity index (χ0v) is 19.8. The molecule has 1 aliphatic heterocycles. The molecule has 1 unspecified atom stereocenters. The molecule has 3 aromatic rings. The number of nitrogens with zero attached hydrogens (tertiary/aromatic N) is 2. The van der Waals surface area contributed by atoms with Gasteiger partial charge in [0.2, 0.25) is 5.54 Å². The largest absolute Gasteiger partial charge is 0.383 e. The second-order valence-corrected chi connectivity index (χ2v) is 9.02. The van der Waals surface area contributed by atoms with Crippen LogP contribution in [0.5, 0.6) is 0 Å². The number of fused-ring (bicyclic) bond motifs is 3. The fourth-order valence-corrected chi connectivity index (χ4v) is 4.40. The van der Waals surface area contributed by atoms with Crippen molar-refractivity contribution in [3.05, 3.63) is 64.8 Å². The number of amides is 2. The highest BCUT2D eigenvalue weighted by molar-refractivity contribution is 6.32. The summed E-state index contributed by atoms with van der Waals surface area (Å²) < 4.78 is 6.34. The molecule has 1 N–H and O–H groups in total. The van der Waals surface area contributed by atoms with Gasteiger partial charge >= 0.3 is 0 Å². The Bertz CT molecular complexity index is 1250. The van der Waals surface area contributed by atoms with Gasteiger partial charge in [-0.25, -0.2) is 0 Å². The molecular weight excluding hydrogens is 442 g/mol. The standard InChI is InChI=1S/C25H26ClN3O4/c1-15(2)16-5-8-19(9-6-16)29-22(30)21-14-17-13-18(26)7-10-20(17)28(21)24(32)25(29,3)23(31)27-11-12-33-4/h5-10,13-15H,11-12H2,1-4H3,(H,27,31). The van der Waals surface area contributed by atoms with E-state index in [1.807, 2.05) is 12.1 Å². The van der Waals surface area contributed by atoms with E-state index in [0.29, 0.717) is 27.5 Å². The van der Waals surface area contributed by atoms with E-state index < -0.39 is 23.3 Å². The number of halogens is 1. The molecule has 8 heteroatoms. The van der Waals surface area contributed by atoms with E-state index in [1.54, 1.807) is 36.4 Å². The predicted molar refractivity (Wildman–Crippen MR) is 128 cm³/mol. The molecule has 1 aliphatic rings. The first-order valence-electron chi connectivity index (χ1n) is 10.8. The molecule has 1 aromatic heterocycles. The summed E-state index contributed by atoms with van der Waals surface area (Å²) in [5, 5.41) is 3.88. The molecule has 0 bridgehead atoms. The summed E-state index contributed by atoms with van der Waals surface area (Å²) in [5.74, 6) is -1.23. The second kappa shape index (κ2) is 8.65. The van der Waals surface area contributed by atoms with E-state index in [4.69, 9.17) is 16.3 Å². The molecule has 2 amide bonds. The molecule has 0 aliphatic carbocycles. The quantitative estimate of drug-likeness (QED) is 0.434. The van der Waals surface area contributed by atoms with Crippen LogP contribution < -0.4 is 10.2 Å². The number of nitrogens with one attached hydrogen (secondary N) is 1. The van der Waals surface area contributed by atoms with E-state index in [-0.39, 0.29) is 18.8 Å². The summed E-state index contributed by atoms with van der Waals surface area (Å²) in [5.41, 5.74) is 0.468. The summed E-state index contributed by atoms with van der Waals surface area (Å²) in [7, 11) is 1.52. The first kappa shape index (κ1) is 23.0. The SMILES string of the molecule is COCCNC(=O)C1(C)C(=O)n2c(cc3cc(Cl)ccc32)C(=O)N1c1ccc(C(C)C)cc1. The smallest absolute Gasteiger partial charge is 0.276 e. The van der Waals surface area contributed by atoms with Crippen molar-refractivity contribution >= 4 is 45.9 Å². The van der Waals surface area contributed by atoms with Crippen LogP contribution in [0.15, 0.2) is 48.5 Å². The number of hydrogen-bond acceptors (Lipinski definition) is 4. The molecule has 0 saturated heterocycles. The number of hydrogen-bond donors (Lipinski definition) is 1. The first-order valence-corrected chi connectivity index (χ1v) is 11.2. The maximum Gasteiger partial charge on any atom is 0.276 e. The van der Waals surface area contributed by atoms with Gasteiger partial charge in [-0.1, -0.05) is 37.6 Å². The zero-order chi connectivity index (χ0) is 23.9. The summed E-state index contributed by atoms with van der Waals surface area (Å²) >= 11 is 6.13. The minimum Gasteiger partial charge on any atom is -0.383 e. The molecule has 172 valence electrons. The predicted octanol–water partition coefficient (Wildman–Crippen LogP) is 4.24. The molecule has 4 rings (SSSR count). The topological polar surface area (TPSA) is 80.6 Å². The summed E-state index contributed by atoms with van der Waals surface area (Å²) in [6.07, 6.45) is 0. The third-order valence-corrected chi connectivity index (χ3v) is 6.34. The number of anilines is 1. The van der Waals surface area contributed by atoms with Crippen LogP contribution in [0.3, 0.4) is 0 Å². The van der Waals surface area contributed by atoms with E-state index in [2.05, 4.69) is 19.2 Å². The Morgan fingerprint density at radius 3 is 2.45 bits per heavy atom. The average molecular weight is 468 g/mol. The van der Waals surface area contributed by atoms with E-state index in [9.17, 15) is 14.4 Å². The van der Waals surface area contributed by atoms with Gasteiger partial charge in [0.25, 0.3) is 17.7 Å². The summed E-state index contributed by atoms with van der Waals surface area (Å²) in [4.78, 5) is 42.4. The van der Waals surface area contributed by atoms with Crippen molar-refractivity contribution < 1.29 is 19.1 Å². The Labute approximate surface area is 197 Å². The summed E-state index contributed by atoms with van der Waals surface area (Å²) in [6, 6.07) is 14.0. The van der Waals surface area contributed by atoms with Gasteiger partial charge in [-0.3, -0.25) is 23.9 Å². The van der Waals surface area contributed by atoms with Gasteiger partial charge in [-0.2, -0.15) is 0 Å². The number of rotatable bonds is 6. The van der Waals surface area contributed by atoms with Crippen molar-refractivity contribution in [3.63, 3.8) is 0 Å². The van der Waals surface area contributed by atoms with E-state index >= 15 is 0 Å². The Balaban J connectivity index is 1.90. The van der Waals surface area contributed by atoms with Crippen LogP contribution >= 0.6 is 11.6 Å². The number of carbonyl (C=O) groups excluding carboxylic acids is 3. The highest BCUT2D eigenvalue weighted by atomic mass is 35.5. The lowest BCUT2D eigenvalue weighted by Gasteiger charge is -2.42. The molecule has 2 heterocycles. The van der Waals surface area contributed by atoms with Crippen LogP contribution in [-0.2, 0) is 9.53 Å². The van der Waals surface area contributed by atoms with Crippen LogP contribution in [-0.4, -0.2) is 48.1 Å². The lowest BCUT2D eigenvalue weighted by Crippen LogP contribution is -2.68. The maximum atomic E-state index is 13.9. The lowest BCUT2D eigenvalue weighted by atomic mass is 9.92. The molecule has 7 nitrogen and oxygen atoms in total. The molecule has 0 spiro atoms. The highest BCUT2D eigenvalue weighted by Gasteiger charge is 2.55. The fourth-order valence-electron chi connectivity index (χ4n) is 4.21. The van der Waals surface area contributed by atoms with Crippen molar-refractivity contribution in [2.45, 2.75) is 32.2 Å². The monoisotopic (exact) mass is 467 g/mol. The van der Waals surface area contributed by atoms with E-state index in [1.165, 1.54) is 23.5 Å². The van der Waals surface area contributed by atoms with Crippen LogP contribution in [0.1, 0.15) is 47.5 Å². The minimum atomic E-state index is -1.80. The molecule has 33 heavy (non-hydrogen) atoms. The van der Waals surface area contributed by atoms with E-state index in [0.717, 1.165) is 5.56 Å². The Morgan fingerprint density at radius 1 is 1.12 bits per heavy atom. The number of ether oxygens (including phenoxy) is 1. The number of carbonyl (C=O) groups is 3. The number of aromatic nitrogens is 1. The Kier molecular flexibility index (Phi) is 6.03. The second-order valence-electron chi connectivity index (χ2n) is 8.58. The van der Waals surface area contributed by atoms with Gasteiger partial charge in [-0.15, -0.1) is 0 Å². The van der Waals surface area contributed by atoms with Crippen LogP contribution in [0.2, 0.25) is 5.02 Å². The lowest BCUT2D eigenvalue weighted by molar-refractivity contribution is -0.124. The van der Waals surface area contributed by atoms with Gasteiger partial charge in [0.05, 0.1) is 12.1 Å². The van der Waals surface area contributed by atoms with Gasteiger partial charge in [0, 0.05) is 29.8 Å². The highest BCUT2D eigenvalue weighted by Crippen LogP contribution is 2.37. The third kappa shape index (κ3) is 3.71. The van der Waals surface area contributed by atoms with Gasteiger partial charge in [-0.05, 0) is 54.8 Å². The van der Waals surface area contributed by atoms with Crippen LogP contribution in [0, 0.1) is 0 Å². The molecule has 1 atom stereocenters. The minimum absolute atomic E-state index is 0.187. The Morgan fingerprint density at radius 2 is 1.82 bits per heavy atom. The molecule has 0 fully saturated rings. The fraction of sp³-hybridized carbons (Fsp3) is 0.320. The molecular formula is C25H26ClN3O4. The molecule has 0 saturated carbocycles. The molecule has 0 radical (unpaired) electrons. The van der Waals surface area contributed by atoms with Gasteiger partial charge < -0.3 is 10.1 Å². The third-order valence-electron chi connectivity index (χ3n) is 6.10. The van der Waals surface area contributed by atoms with Crippen molar-refractivity contribution in [1.29, 1.82) is 0 Å². The van der Waals surface area contributed by atoms with Crippen LogP contribution in [0.4, 0.5) is 5.69 Å². The van der Waals surface area contributed by atoms with Crippen molar-refractivity contribution in [2.24, 2.45) is 0 Å². The number of methoxy groups -OCH3 is 1.